The number of Topliss-reactive ketones (excluding diaryl/α,β-unsaturated/α-hetero) is 5. The standard InChI is InChI=1S/C33H38N2O9/c1-9-14(3)33(41)44-13-21-23-17(27(37)15(4)31(42-7)29(23)39)12-20-26-24-18(28(38)16(5)32(43-8)30(24)40)11-19(34(26)6)25(35(20)21)22(36)10-2/h9,19-21,25-26H,10-13H2,1-8H3/b14-9-/t19-,20?,21?,25+,26-/m0/s1. The summed E-state index contributed by atoms with van der Waals surface area (Å²) in [5, 5.41) is 0. The molecule has 1 fully saturated rings. The Kier molecular flexibility index (Phi) is 8.24. The van der Waals surface area contributed by atoms with Crippen molar-refractivity contribution >= 4 is 34.9 Å². The number of piperazine rings is 1. The SMILES string of the molecule is C/C=C(/C)C(=O)OCC1C2=C(CC3[C@H]4C5=C(C[C@@H]([C@H](C(=O)CC)N13)N4C)C(=O)C(C)=C(OC)C5=O)C(=O)C(C)=C(OC)C2=O. The van der Waals surface area contributed by atoms with Crippen LogP contribution in [0.4, 0.5) is 0 Å². The second kappa shape index (κ2) is 11.5. The second-order valence-corrected chi connectivity index (χ2v) is 11.9. The van der Waals surface area contributed by atoms with Gasteiger partial charge in [-0.15, -0.1) is 0 Å². The highest BCUT2D eigenvalue weighted by Gasteiger charge is 2.61. The summed E-state index contributed by atoms with van der Waals surface area (Å²) < 4.78 is 16.5. The number of carbonyl (C=O) groups excluding carboxylic acids is 6. The molecule has 234 valence electrons. The molecule has 0 saturated carbocycles. The average Bonchev–Trinajstić information content (AvgIpc) is 3.01. The van der Waals surface area contributed by atoms with E-state index in [1.54, 1.807) is 33.8 Å². The number of allylic oxidation sites excluding steroid dienone is 5. The fourth-order valence-electron chi connectivity index (χ4n) is 7.60. The van der Waals surface area contributed by atoms with Crippen LogP contribution in [-0.4, -0.2) is 103 Å². The fourth-order valence-corrected chi connectivity index (χ4v) is 7.60. The molecule has 44 heavy (non-hydrogen) atoms. The Balaban J connectivity index is 1.74. The van der Waals surface area contributed by atoms with Crippen molar-refractivity contribution in [1.29, 1.82) is 0 Å². The molecule has 5 aliphatic rings. The maximum atomic E-state index is 14.0. The average molecular weight is 607 g/mol. The van der Waals surface area contributed by atoms with Crippen LogP contribution in [0.25, 0.3) is 0 Å². The number of nitrogens with zero attached hydrogens (tertiary/aromatic N) is 2. The number of hydrogen-bond acceptors (Lipinski definition) is 11. The van der Waals surface area contributed by atoms with E-state index in [2.05, 4.69) is 0 Å². The Labute approximate surface area is 256 Å². The van der Waals surface area contributed by atoms with E-state index in [-0.39, 0.29) is 82.6 Å². The topological polar surface area (TPSA) is 137 Å². The van der Waals surface area contributed by atoms with Crippen molar-refractivity contribution < 1.29 is 43.0 Å². The highest BCUT2D eigenvalue weighted by molar-refractivity contribution is 6.26. The van der Waals surface area contributed by atoms with Crippen LogP contribution < -0.4 is 0 Å². The lowest BCUT2D eigenvalue weighted by Gasteiger charge is -2.61. The maximum absolute atomic E-state index is 14.0. The minimum Gasteiger partial charge on any atom is -0.492 e. The van der Waals surface area contributed by atoms with Crippen LogP contribution in [0.2, 0.25) is 0 Å². The number of likely N-dealkylation sites (N-methyl/N-ethyl adjacent to an activating group) is 1. The minimum absolute atomic E-state index is 0.0328. The van der Waals surface area contributed by atoms with Crippen LogP contribution in [0, 0.1) is 0 Å². The zero-order valence-corrected chi connectivity index (χ0v) is 26.4. The molecular weight excluding hydrogens is 568 g/mol. The molecule has 0 spiro atoms. The third kappa shape index (κ3) is 4.39. The highest BCUT2D eigenvalue weighted by atomic mass is 16.5. The van der Waals surface area contributed by atoms with Gasteiger partial charge in [0.2, 0.25) is 11.6 Å². The molecule has 3 heterocycles. The number of ketones is 5. The van der Waals surface area contributed by atoms with E-state index in [0.29, 0.717) is 11.1 Å². The van der Waals surface area contributed by atoms with E-state index >= 15 is 0 Å². The molecule has 2 aliphatic carbocycles. The number of hydrogen-bond donors (Lipinski definition) is 0. The Morgan fingerprint density at radius 3 is 1.91 bits per heavy atom. The summed E-state index contributed by atoms with van der Waals surface area (Å²) in [6.45, 7) is 7.81. The predicted octanol–water partition coefficient (Wildman–Crippen LogP) is 2.11. The third-order valence-electron chi connectivity index (χ3n) is 9.89. The summed E-state index contributed by atoms with van der Waals surface area (Å²) in [5.74, 6) is -2.45. The van der Waals surface area contributed by atoms with Crippen molar-refractivity contribution in [3.05, 3.63) is 56.6 Å². The van der Waals surface area contributed by atoms with Gasteiger partial charge in [-0.3, -0.25) is 33.8 Å². The monoisotopic (exact) mass is 606 g/mol. The first-order valence-electron chi connectivity index (χ1n) is 14.8. The zero-order valence-electron chi connectivity index (χ0n) is 26.4. The van der Waals surface area contributed by atoms with Crippen molar-refractivity contribution in [3.8, 4) is 0 Å². The van der Waals surface area contributed by atoms with Crippen molar-refractivity contribution in [2.45, 2.75) is 84.1 Å². The van der Waals surface area contributed by atoms with Gasteiger partial charge in [0.05, 0.1) is 32.3 Å². The van der Waals surface area contributed by atoms with Crippen LogP contribution in [0.3, 0.4) is 0 Å². The summed E-state index contributed by atoms with van der Waals surface area (Å²) in [7, 11) is 4.48. The number of esters is 1. The van der Waals surface area contributed by atoms with Gasteiger partial charge in [-0.05, 0) is 47.6 Å². The molecular formula is C33H38N2O9. The van der Waals surface area contributed by atoms with E-state index in [0.717, 1.165) is 0 Å². The summed E-state index contributed by atoms with van der Waals surface area (Å²) in [5.41, 5.74) is 1.72. The van der Waals surface area contributed by atoms with Gasteiger partial charge in [0.1, 0.15) is 6.61 Å². The molecule has 0 N–H and O–H groups in total. The first-order chi connectivity index (χ1) is 20.9. The van der Waals surface area contributed by atoms with Crippen LogP contribution in [0.15, 0.2) is 56.6 Å². The van der Waals surface area contributed by atoms with Gasteiger partial charge >= 0.3 is 5.97 Å². The molecule has 0 aromatic carbocycles. The molecule has 2 unspecified atom stereocenters. The molecule has 2 bridgehead atoms. The van der Waals surface area contributed by atoms with Gasteiger partial charge in [0.15, 0.2) is 28.9 Å². The van der Waals surface area contributed by atoms with Crippen molar-refractivity contribution in [1.82, 2.24) is 9.80 Å². The quantitative estimate of drug-likeness (QED) is 0.239. The number of methoxy groups -OCH3 is 2. The van der Waals surface area contributed by atoms with Crippen molar-refractivity contribution in [3.63, 3.8) is 0 Å². The third-order valence-corrected chi connectivity index (χ3v) is 9.89. The lowest BCUT2D eigenvalue weighted by Crippen LogP contribution is -2.76. The molecule has 0 aromatic heterocycles. The van der Waals surface area contributed by atoms with Gasteiger partial charge in [-0.2, -0.15) is 0 Å². The molecule has 0 radical (unpaired) electrons. The summed E-state index contributed by atoms with van der Waals surface area (Å²) in [4.78, 5) is 85.9. The minimum atomic E-state index is -0.984. The first kappa shape index (κ1) is 31.5. The number of carbonyl (C=O) groups is 6. The number of rotatable bonds is 7. The van der Waals surface area contributed by atoms with Crippen LogP contribution in [-0.2, 0) is 43.0 Å². The first-order valence-corrected chi connectivity index (χ1v) is 14.8. The van der Waals surface area contributed by atoms with Crippen LogP contribution in [0.5, 0.6) is 0 Å². The zero-order chi connectivity index (χ0) is 32.4. The molecule has 11 nitrogen and oxygen atoms in total. The molecule has 11 heteroatoms. The lowest BCUT2D eigenvalue weighted by atomic mass is 9.67. The van der Waals surface area contributed by atoms with E-state index in [4.69, 9.17) is 14.2 Å². The van der Waals surface area contributed by atoms with E-state index in [9.17, 15) is 28.8 Å². The second-order valence-electron chi connectivity index (χ2n) is 11.9. The van der Waals surface area contributed by atoms with Gasteiger partial charge in [-0.1, -0.05) is 13.0 Å². The van der Waals surface area contributed by atoms with Crippen molar-refractivity contribution in [2.75, 3.05) is 27.9 Å². The molecule has 5 atom stereocenters. The number of fused-ring (bicyclic) bond motifs is 5. The largest absolute Gasteiger partial charge is 0.492 e. The Morgan fingerprint density at radius 2 is 1.39 bits per heavy atom. The Morgan fingerprint density at radius 1 is 0.864 bits per heavy atom. The summed E-state index contributed by atoms with van der Waals surface area (Å²) in [6.07, 6.45) is 1.93. The molecule has 5 rings (SSSR count). The van der Waals surface area contributed by atoms with Gasteiger partial charge in [-0.25, -0.2) is 4.79 Å². The molecule has 0 amide bonds. The van der Waals surface area contributed by atoms with E-state index < -0.39 is 47.7 Å². The molecule has 0 aromatic rings. The maximum Gasteiger partial charge on any atom is 0.333 e. The van der Waals surface area contributed by atoms with Gasteiger partial charge < -0.3 is 14.2 Å². The van der Waals surface area contributed by atoms with Crippen LogP contribution >= 0.6 is 0 Å². The molecule has 3 aliphatic heterocycles. The highest BCUT2D eigenvalue weighted by Crippen LogP contribution is 2.49. The fraction of sp³-hybridized carbons (Fsp3) is 0.515. The van der Waals surface area contributed by atoms with Crippen molar-refractivity contribution in [2.24, 2.45) is 0 Å². The lowest BCUT2D eigenvalue weighted by molar-refractivity contribution is -0.149. The summed E-state index contributed by atoms with van der Waals surface area (Å²) in [6, 6.07) is -3.73. The van der Waals surface area contributed by atoms with E-state index in [1.165, 1.54) is 21.1 Å². The Bertz CT molecular complexity index is 1570. The normalized spacial score (nSPS) is 29.5. The van der Waals surface area contributed by atoms with E-state index in [1.807, 2.05) is 16.8 Å². The van der Waals surface area contributed by atoms with Gasteiger partial charge in [0.25, 0.3) is 0 Å². The predicted molar refractivity (Wildman–Crippen MR) is 157 cm³/mol. The molecule has 1 saturated heterocycles. The smallest absolute Gasteiger partial charge is 0.333 e. The number of ether oxygens (including phenoxy) is 3. The van der Waals surface area contributed by atoms with Crippen LogP contribution in [0.1, 0.15) is 53.9 Å². The Hall–Kier alpha value is -3.96. The van der Waals surface area contributed by atoms with Gasteiger partial charge in [0, 0.05) is 57.5 Å². The summed E-state index contributed by atoms with van der Waals surface area (Å²) >= 11 is 0.